The number of carbonyl (C=O) groups is 1. The molecule has 7 heteroatoms. The van der Waals surface area contributed by atoms with Crippen molar-refractivity contribution in [1.82, 2.24) is 14.8 Å². The van der Waals surface area contributed by atoms with Crippen LogP contribution in [0, 0.1) is 27.7 Å². The summed E-state index contributed by atoms with van der Waals surface area (Å²) in [5, 5.41) is 12.4. The molecule has 5 nitrogen and oxygen atoms in total. The van der Waals surface area contributed by atoms with Crippen molar-refractivity contribution in [3.05, 3.63) is 82.7 Å². The Morgan fingerprint density at radius 3 is 2.29 bits per heavy atom. The molecule has 0 saturated heterocycles. The van der Waals surface area contributed by atoms with Crippen LogP contribution in [0.2, 0.25) is 0 Å². The Labute approximate surface area is 190 Å². The number of nitrogens with one attached hydrogen (secondary N) is 1. The zero-order chi connectivity index (χ0) is 22.0. The third-order valence-corrected chi connectivity index (χ3v) is 7.03. The van der Waals surface area contributed by atoms with Gasteiger partial charge < -0.3 is 9.88 Å². The standard InChI is InChI=1S/C24H24N4OS2/c1-15-5-9-19(10-6-15)25-23-26-27-24(31-23)30-14-22(29)21-13-17(3)28(18(21)4)20-11-7-16(2)8-12-20/h5-13H,14H2,1-4H3,(H,25,26). The van der Waals surface area contributed by atoms with Crippen molar-refractivity contribution in [2.45, 2.75) is 32.0 Å². The van der Waals surface area contributed by atoms with E-state index < -0.39 is 0 Å². The van der Waals surface area contributed by atoms with Gasteiger partial charge in [0.2, 0.25) is 5.13 Å². The van der Waals surface area contributed by atoms with Gasteiger partial charge in [-0.1, -0.05) is 58.5 Å². The number of hydrogen-bond donors (Lipinski definition) is 1. The molecule has 0 atom stereocenters. The minimum Gasteiger partial charge on any atom is -0.330 e. The van der Waals surface area contributed by atoms with E-state index in [4.69, 9.17) is 0 Å². The molecular formula is C24H24N4OS2. The summed E-state index contributed by atoms with van der Waals surface area (Å²) < 4.78 is 2.90. The number of benzene rings is 2. The van der Waals surface area contributed by atoms with Crippen LogP contribution in [-0.2, 0) is 0 Å². The number of anilines is 2. The highest BCUT2D eigenvalue weighted by Gasteiger charge is 2.18. The van der Waals surface area contributed by atoms with Crippen LogP contribution in [0.4, 0.5) is 10.8 Å². The lowest BCUT2D eigenvalue weighted by molar-refractivity contribution is 0.102. The molecule has 0 fully saturated rings. The van der Waals surface area contributed by atoms with Crippen molar-refractivity contribution in [3.8, 4) is 5.69 Å². The van der Waals surface area contributed by atoms with Crippen molar-refractivity contribution in [2.24, 2.45) is 0 Å². The summed E-state index contributed by atoms with van der Waals surface area (Å²) in [6, 6.07) is 18.4. The van der Waals surface area contributed by atoms with E-state index in [0.29, 0.717) is 5.75 Å². The molecule has 0 aliphatic rings. The number of hydrogen-bond acceptors (Lipinski definition) is 6. The first-order valence-corrected chi connectivity index (χ1v) is 11.8. The van der Waals surface area contributed by atoms with E-state index in [1.165, 1.54) is 34.2 Å². The molecule has 0 aliphatic heterocycles. The normalized spacial score (nSPS) is 11.0. The number of thioether (sulfide) groups is 1. The van der Waals surface area contributed by atoms with Crippen LogP contribution >= 0.6 is 23.1 Å². The Bertz CT molecular complexity index is 1210. The molecule has 4 aromatic rings. The first-order valence-electron chi connectivity index (χ1n) is 10.00. The Kier molecular flexibility index (Phi) is 6.25. The summed E-state index contributed by atoms with van der Waals surface area (Å²) in [6.45, 7) is 8.16. The second-order valence-corrected chi connectivity index (χ2v) is 9.73. The van der Waals surface area contributed by atoms with Gasteiger partial charge in [0.05, 0.1) is 5.75 Å². The van der Waals surface area contributed by atoms with Gasteiger partial charge in [-0.25, -0.2) is 0 Å². The van der Waals surface area contributed by atoms with Gasteiger partial charge in [-0.2, -0.15) is 0 Å². The van der Waals surface area contributed by atoms with Gasteiger partial charge >= 0.3 is 0 Å². The number of Topliss-reactive ketones (excluding diaryl/α,β-unsaturated/α-hetero) is 1. The van der Waals surface area contributed by atoms with E-state index in [-0.39, 0.29) is 5.78 Å². The molecule has 0 amide bonds. The monoisotopic (exact) mass is 448 g/mol. The van der Waals surface area contributed by atoms with Gasteiger partial charge in [0.25, 0.3) is 0 Å². The maximum atomic E-state index is 12.9. The fourth-order valence-electron chi connectivity index (χ4n) is 3.42. The fraction of sp³-hybridized carbons (Fsp3) is 0.208. The fourth-order valence-corrected chi connectivity index (χ4v) is 5.08. The van der Waals surface area contributed by atoms with Gasteiger partial charge in [0, 0.05) is 28.3 Å². The predicted molar refractivity (Wildman–Crippen MR) is 129 cm³/mol. The minimum atomic E-state index is 0.0969. The molecule has 0 saturated carbocycles. The predicted octanol–water partition coefficient (Wildman–Crippen LogP) is 6.28. The lowest BCUT2D eigenvalue weighted by Gasteiger charge is -2.10. The molecule has 2 aromatic carbocycles. The van der Waals surface area contributed by atoms with Crippen LogP contribution in [0.5, 0.6) is 0 Å². The van der Waals surface area contributed by atoms with E-state index in [0.717, 1.165) is 37.8 Å². The van der Waals surface area contributed by atoms with Crippen LogP contribution < -0.4 is 5.32 Å². The van der Waals surface area contributed by atoms with Gasteiger partial charge in [-0.3, -0.25) is 4.79 Å². The smallest absolute Gasteiger partial charge is 0.210 e. The van der Waals surface area contributed by atoms with Gasteiger partial charge in [0.15, 0.2) is 10.1 Å². The number of carbonyl (C=O) groups excluding carboxylic acids is 1. The molecule has 0 radical (unpaired) electrons. The van der Waals surface area contributed by atoms with E-state index in [1.807, 2.05) is 44.2 Å². The summed E-state index contributed by atoms with van der Waals surface area (Å²) in [6.07, 6.45) is 0. The average Bonchev–Trinajstić information content (AvgIpc) is 3.32. The maximum Gasteiger partial charge on any atom is 0.210 e. The zero-order valence-corrected chi connectivity index (χ0v) is 19.6. The van der Waals surface area contributed by atoms with Crippen LogP contribution in [0.25, 0.3) is 5.69 Å². The molecule has 2 heterocycles. The number of aryl methyl sites for hydroxylation is 3. The number of rotatable bonds is 7. The summed E-state index contributed by atoms with van der Waals surface area (Å²) in [7, 11) is 0. The van der Waals surface area contributed by atoms with Gasteiger partial charge in [-0.05, 0) is 58.0 Å². The summed E-state index contributed by atoms with van der Waals surface area (Å²) >= 11 is 2.88. The highest BCUT2D eigenvalue weighted by Crippen LogP contribution is 2.29. The van der Waals surface area contributed by atoms with E-state index in [1.54, 1.807) is 0 Å². The molecule has 2 aromatic heterocycles. The second kappa shape index (κ2) is 9.08. The number of ketones is 1. The topological polar surface area (TPSA) is 59.8 Å². The van der Waals surface area contributed by atoms with Gasteiger partial charge in [0.1, 0.15) is 0 Å². The Balaban J connectivity index is 1.42. The third kappa shape index (κ3) is 4.89. The van der Waals surface area contributed by atoms with E-state index >= 15 is 0 Å². The first-order chi connectivity index (χ1) is 14.9. The quantitative estimate of drug-likeness (QED) is 0.266. The van der Waals surface area contributed by atoms with Crippen molar-refractivity contribution in [1.29, 1.82) is 0 Å². The molecule has 0 bridgehead atoms. The van der Waals surface area contributed by atoms with Crippen LogP contribution in [0.1, 0.15) is 32.9 Å². The highest BCUT2D eigenvalue weighted by molar-refractivity contribution is 8.01. The molecule has 158 valence electrons. The van der Waals surface area contributed by atoms with Crippen LogP contribution in [-0.4, -0.2) is 26.3 Å². The van der Waals surface area contributed by atoms with E-state index in [2.05, 4.69) is 58.2 Å². The number of aromatic nitrogens is 3. The number of nitrogens with zero attached hydrogens (tertiary/aromatic N) is 3. The SMILES string of the molecule is Cc1ccc(Nc2nnc(SCC(=O)c3cc(C)n(-c4ccc(C)cc4)c3C)s2)cc1. The van der Waals surface area contributed by atoms with Crippen molar-refractivity contribution in [3.63, 3.8) is 0 Å². The van der Waals surface area contributed by atoms with Crippen LogP contribution in [0.3, 0.4) is 0 Å². The first kappa shape index (κ1) is 21.3. The molecule has 1 N–H and O–H groups in total. The van der Waals surface area contributed by atoms with Crippen molar-refractivity contribution >= 4 is 39.7 Å². The Morgan fingerprint density at radius 1 is 0.968 bits per heavy atom. The average molecular weight is 449 g/mol. The van der Waals surface area contributed by atoms with Crippen molar-refractivity contribution in [2.75, 3.05) is 11.1 Å². The molecule has 31 heavy (non-hydrogen) atoms. The molecule has 4 rings (SSSR count). The molecular weight excluding hydrogens is 424 g/mol. The lowest BCUT2D eigenvalue weighted by Crippen LogP contribution is -2.05. The summed E-state index contributed by atoms with van der Waals surface area (Å²) in [5.74, 6) is 0.428. The largest absolute Gasteiger partial charge is 0.330 e. The Morgan fingerprint density at radius 2 is 1.61 bits per heavy atom. The zero-order valence-electron chi connectivity index (χ0n) is 18.0. The van der Waals surface area contributed by atoms with E-state index in [9.17, 15) is 4.79 Å². The third-order valence-electron chi connectivity index (χ3n) is 5.06. The van der Waals surface area contributed by atoms with Crippen LogP contribution in [0.15, 0.2) is 58.9 Å². The summed E-state index contributed by atoms with van der Waals surface area (Å²) in [4.78, 5) is 12.9. The Hall–Kier alpha value is -2.90. The second-order valence-electron chi connectivity index (χ2n) is 7.53. The highest BCUT2D eigenvalue weighted by atomic mass is 32.2. The summed E-state index contributed by atoms with van der Waals surface area (Å²) in [5.41, 5.74) is 7.24. The molecule has 0 aliphatic carbocycles. The molecule has 0 unspecified atom stereocenters. The maximum absolute atomic E-state index is 12.9. The lowest BCUT2D eigenvalue weighted by atomic mass is 10.2. The van der Waals surface area contributed by atoms with Crippen molar-refractivity contribution < 1.29 is 4.79 Å². The molecule has 0 spiro atoms. The van der Waals surface area contributed by atoms with Gasteiger partial charge in [-0.15, -0.1) is 10.2 Å². The minimum absolute atomic E-state index is 0.0969.